The quantitative estimate of drug-likeness (QED) is 0.565. The van der Waals surface area contributed by atoms with Gasteiger partial charge >= 0.3 is 0 Å². The first kappa shape index (κ1) is 17.4. The second-order valence-electron chi connectivity index (χ2n) is 6.98. The lowest BCUT2D eigenvalue weighted by atomic mass is 10.1. The third-order valence-corrected chi connectivity index (χ3v) is 4.58. The van der Waals surface area contributed by atoms with Gasteiger partial charge in [-0.1, -0.05) is 43.8 Å². The van der Waals surface area contributed by atoms with Crippen LogP contribution in [0.3, 0.4) is 0 Å². The average Bonchev–Trinajstić information content (AvgIpc) is 3.02. The van der Waals surface area contributed by atoms with Gasteiger partial charge in [-0.25, -0.2) is 13.8 Å². The molecule has 25 heavy (non-hydrogen) atoms. The number of aliphatic imine (C=N–C) groups is 1. The van der Waals surface area contributed by atoms with E-state index in [2.05, 4.69) is 36.1 Å². The van der Waals surface area contributed by atoms with Crippen LogP contribution in [0.4, 0.5) is 8.78 Å². The highest BCUT2D eigenvalue weighted by Crippen LogP contribution is 2.27. The standard InChI is InChI=1S/C20H19F2NOSi/c1-25(2,3)12-11-14-7-9-15(10-8-14)18-13-24-20(23-18)19-16(21)5-4-6-17(19)22/h4-10,18H,13H2,1-3H3. The van der Waals surface area contributed by atoms with Gasteiger partial charge in [0.1, 0.15) is 37.9 Å². The molecule has 0 aromatic heterocycles. The molecule has 2 aromatic carbocycles. The third-order valence-electron chi connectivity index (χ3n) is 3.70. The summed E-state index contributed by atoms with van der Waals surface area (Å²) < 4.78 is 33.1. The van der Waals surface area contributed by atoms with Crippen molar-refractivity contribution in [1.29, 1.82) is 0 Å². The molecule has 1 aliphatic rings. The van der Waals surface area contributed by atoms with Gasteiger partial charge in [-0.15, -0.1) is 5.54 Å². The van der Waals surface area contributed by atoms with E-state index in [1.165, 1.54) is 18.2 Å². The predicted molar refractivity (Wildman–Crippen MR) is 98.3 cm³/mol. The Morgan fingerprint density at radius 2 is 1.68 bits per heavy atom. The summed E-state index contributed by atoms with van der Waals surface area (Å²) in [5, 5.41) is 0. The van der Waals surface area contributed by atoms with Gasteiger partial charge in [0.25, 0.3) is 0 Å². The van der Waals surface area contributed by atoms with E-state index in [-0.39, 0.29) is 24.1 Å². The molecular formula is C20H19F2NOSi. The van der Waals surface area contributed by atoms with Crippen molar-refractivity contribution in [2.24, 2.45) is 4.99 Å². The molecule has 1 aliphatic heterocycles. The zero-order chi connectivity index (χ0) is 18.0. The molecule has 3 rings (SSSR count). The SMILES string of the molecule is C[Si](C)(C)C#Cc1ccc(C2COC(c3c(F)cccc3F)=N2)cc1. The summed E-state index contributed by atoms with van der Waals surface area (Å²) in [4.78, 5) is 4.35. The van der Waals surface area contributed by atoms with Crippen molar-refractivity contribution in [1.82, 2.24) is 0 Å². The lowest BCUT2D eigenvalue weighted by molar-refractivity contribution is 0.317. The summed E-state index contributed by atoms with van der Waals surface area (Å²) in [6.07, 6.45) is 0. The minimum absolute atomic E-state index is 0.0169. The molecule has 0 bridgehead atoms. The number of nitrogens with zero attached hydrogens (tertiary/aromatic N) is 1. The Labute approximate surface area is 147 Å². The molecule has 2 nitrogen and oxygen atoms in total. The van der Waals surface area contributed by atoms with E-state index in [0.717, 1.165) is 11.1 Å². The highest BCUT2D eigenvalue weighted by atomic mass is 28.3. The van der Waals surface area contributed by atoms with Gasteiger partial charge in [-0.3, -0.25) is 0 Å². The Balaban J connectivity index is 1.82. The van der Waals surface area contributed by atoms with Crippen LogP contribution in [0.1, 0.15) is 22.7 Å². The number of ether oxygens (including phenoxy) is 1. The highest BCUT2D eigenvalue weighted by molar-refractivity contribution is 6.83. The Kier molecular flexibility index (Phi) is 4.73. The summed E-state index contributed by atoms with van der Waals surface area (Å²) >= 11 is 0. The van der Waals surface area contributed by atoms with Crippen molar-refractivity contribution in [3.8, 4) is 11.5 Å². The smallest absolute Gasteiger partial charge is 0.222 e. The molecule has 0 N–H and O–H groups in total. The number of hydrogen-bond donors (Lipinski definition) is 0. The molecule has 1 atom stereocenters. The fourth-order valence-electron chi connectivity index (χ4n) is 2.43. The van der Waals surface area contributed by atoms with Crippen molar-refractivity contribution in [2.75, 3.05) is 6.61 Å². The van der Waals surface area contributed by atoms with Crippen molar-refractivity contribution < 1.29 is 13.5 Å². The molecule has 0 spiro atoms. The molecule has 5 heteroatoms. The van der Waals surface area contributed by atoms with Crippen molar-refractivity contribution in [3.63, 3.8) is 0 Å². The lowest BCUT2D eigenvalue weighted by Crippen LogP contribution is -2.16. The minimum Gasteiger partial charge on any atom is -0.475 e. The number of rotatable bonds is 2. The molecule has 0 saturated heterocycles. The van der Waals surface area contributed by atoms with Gasteiger partial charge in [-0.05, 0) is 29.8 Å². The van der Waals surface area contributed by atoms with Gasteiger partial charge in [0.2, 0.25) is 5.90 Å². The summed E-state index contributed by atoms with van der Waals surface area (Å²) in [7, 11) is -1.41. The molecule has 0 amide bonds. The minimum atomic E-state index is -1.41. The molecule has 1 unspecified atom stereocenters. The van der Waals surface area contributed by atoms with Gasteiger partial charge in [-0.2, -0.15) is 0 Å². The maximum absolute atomic E-state index is 13.9. The molecule has 0 fully saturated rings. The van der Waals surface area contributed by atoms with Crippen LogP contribution in [-0.4, -0.2) is 20.6 Å². The number of benzene rings is 2. The van der Waals surface area contributed by atoms with Crippen LogP contribution in [0.15, 0.2) is 47.5 Å². The zero-order valence-electron chi connectivity index (χ0n) is 14.4. The molecular weight excluding hydrogens is 336 g/mol. The fourth-order valence-corrected chi connectivity index (χ4v) is 2.95. The van der Waals surface area contributed by atoms with Crippen LogP contribution < -0.4 is 0 Å². The summed E-state index contributed by atoms with van der Waals surface area (Å²) in [6.45, 7) is 6.86. The molecule has 0 saturated carbocycles. The lowest BCUT2D eigenvalue weighted by Gasteiger charge is -2.06. The largest absolute Gasteiger partial charge is 0.475 e. The van der Waals surface area contributed by atoms with Crippen LogP contribution in [0.5, 0.6) is 0 Å². The first-order chi connectivity index (χ1) is 11.8. The fraction of sp³-hybridized carbons (Fsp3) is 0.250. The molecule has 0 aliphatic carbocycles. The van der Waals surface area contributed by atoms with Gasteiger partial charge < -0.3 is 4.74 Å². The third kappa shape index (κ3) is 4.15. The van der Waals surface area contributed by atoms with Crippen LogP contribution in [-0.2, 0) is 4.74 Å². The second kappa shape index (κ2) is 6.81. The van der Waals surface area contributed by atoms with Crippen molar-refractivity contribution >= 4 is 14.0 Å². The predicted octanol–water partition coefficient (Wildman–Crippen LogP) is 4.71. The normalized spacial score (nSPS) is 16.7. The highest BCUT2D eigenvalue weighted by Gasteiger charge is 2.26. The van der Waals surface area contributed by atoms with E-state index in [1.54, 1.807) is 0 Å². The summed E-state index contributed by atoms with van der Waals surface area (Å²) in [5.74, 6) is 1.87. The Bertz CT molecular complexity index is 853. The number of halogens is 2. The molecule has 1 heterocycles. The van der Waals surface area contributed by atoms with Gasteiger partial charge in [0.15, 0.2) is 0 Å². The van der Waals surface area contributed by atoms with Crippen LogP contribution in [0, 0.1) is 23.1 Å². The molecule has 2 aromatic rings. The van der Waals surface area contributed by atoms with E-state index in [0.29, 0.717) is 0 Å². The van der Waals surface area contributed by atoms with E-state index < -0.39 is 19.7 Å². The second-order valence-corrected chi connectivity index (χ2v) is 11.7. The van der Waals surface area contributed by atoms with E-state index in [4.69, 9.17) is 4.74 Å². The monoisotopic (exact) mass is 355 g/mol. The van der Waals surface area contributed by atoms with Crippen molar-refractivity contribution in [2.45, 2.75) is 25.7 Å². The van der Waals surface area contributed by atoms with Crippen LogP contribution in [0.25, 0.3) is 0 Å². The first-order valence-corrected chi connectivity index (χ1v) is 11.6. The first-order valence-electron chi connectivity index (χ1n) is 8.11. The van der Waals surface area contributed by atoms with Crippen LogP contribution >= 0.6 is 0 Å². The summed E-state index contributed by atoms with van der Waals surface area (Å²) in [5.41, 5.74) is 5.00. The summed E-state index contributed by atoms with van der Waals surface area (Å²) in [6, 6.07) is 11.2. The van der Waals surface area contributed by atoms with E-state index in [9.17, 15) is 8.78 Å². The average molecular weight is 355 g/mol. The Morgan fingerprint density at radius 3 is 2.28 bits per heavy atom. The maximum atomic E-state index is 13.9. The molecule has 128 valence electrons. The van der Waals surface area contributed by atoms with Gasteiger partial charge in [0.05, 0.1) is 0 Å². The molecule has 0 radical (unpaired) electrons. The zero-order valence-corrected chi connectivity index (χ0v) is 15.4. The van der Waals surface area contributed by atoms with Crippen LogP contribution in [0.2, 0.25) is 19.6 Å². The Hall–Kier alpha value is -2.45. The Morgan fingerprint density at radius 1 is 1.04 bits per heavy atom. The van der Waals surface area contributed by atoms with Crippen molar-refractivity contribution in [3.05, 3.63) is 70.8 Å². The number of hydrogen-bond acceptors (Lipinski definition) is 2. The van der Waals surface area contributed by atoms with Gasteiger partial charge in [0, 0.05) is 5.56 Å². The van der Waals surface area contributed by atoms with E-state index >= 15 is 0 Å². The maximum Gasteiger partial charge on any atom is 0.222 e. The topological polar surface area (TPSA) is 21.6 Å². The van der Waals surface area contributed by atoms with E-state index in [1.807, 2.05) is 24.3 Å².